The van der Waals surface area contributed by atoms with E-state index in [9.17, 15) is 4.79 Å². The molecule has 2 aromatic carbocycles. The Morgan fingerprint density at radius 3 is 2.00 bits per heavy atom. The maximum absolute atomic E-state index is 11.0. The number of anilines is 1. The topological polar surface area (TPSA) is 53.0 Å². The molecule has 0 bridgehead atoms. The molecule has 1 saturated heterocycles. The summed E-state index contributed by atoms with van der Waals surface area (Å²) in [6.07, 6.45) is -0.833. The van der Waals surface area contributed by atoms with Crippen LogP contribution in [0.4, 0.5) is 10.5 Å². The van der Waals surface area contributed by atoms with Crippen molar-refractivity contribution in [3.05, 3.63) is 48.5 Å². The van der Waals surface area contributed by atoms with E-state index in [0.29, 0.717) is 19.7 Å². The number of hydrogen-bond donors (Lipinski definition) is 1. The van der Waals surface area contributed by atoms with Crippen LogP contribution in [0, 0.1) is 0 Å². The van der Waals surface area contributed by atoms with Gasteiger partial charge in [0.1, 0.15) is 5.75 Å². The second-order valence-corrected chi connectivity index (χ2v) is 5.76. The second-order valence-electron chi connectivity index (χ2n) is 5.76. The third-order valence-electron chi connectivity index (χ3n) is 4.28. The SMILES string of the molecule is CCOc1ccc(-c2ccc(N3CCN(C(=O)O)CC3)cc2)cc1. The summed E-state index contributed by atoms with van der Waals surface area (Å²) in [6, 6.07) is 16.5. The molecule has 0 aromatic heterocycles. The molecule has 3 rings (SSSR count). The van der Waals surface area contributed by atoms with Gasteiger partial charge in [0.2, 0.25) is 0 Å². The van der Waals surface area contributed by atoms with Gasteiger partial charge in [0, 0.05) is 31.9 Å². The Hall–Kier alpha value is -2.69. The van der Waals surface area contributed by atoms with Crippen LogP contribution < -0.4 is 9.64 Å². The summed E-state index contributed by atoms with van der Waals surface area (Å²) in [4.78, 5) is 14.6. The van der Waals surface area contributed by atoms with Crippen molar-refractivity contribution in [1.29, 1.82) is 0 Å². The standard InChI is InChI=1S/C19H22N2O3/c1-2-24-18-9-5-16(6-10-18)15-3-7-17(8-4-15)20-11-13-21(14-12-20)19(22)23/h3-10H,2,11-14H2,1H3,(H,22,23). The van der Waals surface area contributed by atoms with Crippen LogP contribution in [0.1, 0.15) is 6.92 Å². The average Bonchev–Trinajstić information content (AvgIpc) is 2.63. The maximum atomic E-state index is 11.0. The lowest BCUT2D eigenvalue weighted by molar-refractivity contribution is 0.142. The van der Waals surface area contributed by atoms with Gasteiger partial charge in [-0.25, -0.2) is 4.79 Å². The molecule has 1 heterocycles. The van der Waals surface area contributed by atoms with Crippen LogP contribution in [0.15, 0.2) is 48.5 Å². The molecule has 0 aliphatic carbocycles. The normalized spacial score (nSPS) is 14.5. The van der Waals surface area contributed by atoms with Gasteiger partial charge in [0.05, 0.1) is 6.61 Å². The molecule has 0 unspecified atom stereocenters. The minimum atomic E-state index is -0.833. The molecule has 1 N–H and O–H groups in total. The largest absolute Gasteiger partial charge is 0.494 e. The van der Waals surface area contributed by atoms with Crippen molar-refractivity contribution in [2.45, 2.75) is 6.92 Å². The van der Waals surface area contributed by atoms with E-state index in [1.54, 1.807) is 0 Å². The van der Waals surface area contributed by atoms with Gasteiger partial charge >= 0.3 is 6.09 Å². The molecule has 5 heteroatoms. The molecule has 126 valence electrons. The molecule has 5 nitrogen and oxygen atoms in total. The van der Waals surface area contributed by atoms with Crippen LogP contribution >= 0.6 is 0 Å². The Morgan fingerprint density at radius 1 is 0.958 bits per heavy atom. The van der Waals surface area contributed by atoms with Crippen molar-refractivity contribution in [3.63, 3.8) is 0 Å². The van der Waals surface area contributed by atoms with Gasteiger partial charge in [-0.1, -0.05) is 24.3 Å². The molecule has 0 spiro atoms. The molecular formula is C19H22N2O3. The monoisotopic (exact) mass is 326 g/mol. The number of hydrogen-bond acceptors (Lipinski definition) is 3. The zero-order valence-corrected chi connectivity index (χ0v) is 13.8. The first-order chi connectivity index (χ1) is 11.7. The zero-order valence-electron chi connectivity index (χ0n) is 13.8. The van der Waals surface area contributed by atoms with Crippen molar-refractivity contribution >= 4 is 11.8 Å². The number of carbonyl (C=O) groups is 1. The summed E-state index contributed by atoms with van der Waals surface area (Å²) in [5.74, 6) is 0.883. The minimum Gasteiger partial charge on any atom is -0.494 e. The Bertz CT molecular complexity index is 675. The molecular weight excluding hydrogens is 304 g/mol. The quantitative estimate of drug-likeness (QED) is 0.933. The van der Waals surface area contributed by atoms with Crippen LogP contribution in [-0.4, -0.2) is 48.9 Å². The molecule has 2 aromatic rings. The fourth-order valence-electron chi connectivity index (χ4n) is 2.93. The van der Waals surface area contributed by atoms with Gasteiger partial charge in [0.25, 0.3) is 0 Å². The first-order valence-electron chi connectivity index (χ1n) is 8.23. The Labute approximate surface area is 142 Å². The molecule has 1 fully saturated rings. The third-order valence-corrected chi connectivity index (χ3v) is 4.28. The molecule has 0 saturated carbocycles. The first-order valence-corrected chi connectivity index (χ1v) is 8.23. The average molecular weight is 326 g/mol. The fraction of sp³-hybridized carbons (Fsp3) is 0.316. The molecule has 0 radical (unpaired) electrons. The van der Waals surface area contributed by atoms with Crippen LogP contribution in [0.2, 0.25) is 0 Å². The van der Waals surface area contributed by atoms with Gasteiger partial charge in [-0.2, -0.15) is 0 Å². The van der Waals surface area contributed by atoms with Crippen molar-refractivity contribution < 1.29 is 14.6 Å². The van der Waals surface area contributed by atoms with Gasteiger partial charge < -0.3 is 19.6 Å². The number of carboxylic acid groups (broad SMARTS) is 1. The van der Waals surface area contributed by atoms with Gasteiger partial charge in [0.15, 0.2) is 0 Å². The lowest BCUT2D eigenvalue weighted by Crippen LogP contribution is -2.48. The summed E-state index contributed by atoms with van der Waals surface area (Å²) < 4.78 is 5.47. The van der Waals surface area contributed by atoms with E-state index >= 15 is 0 Å². The van der Waals surface area contributed by atoms with Crippen molar-refractivity contribution in [1.82, 2.24) is 4.90 Å². The number of ether oxygens (including phenoxy) is 1. The fourth-order valence-corrected chi connectivity index (χ4v) is 2.93. The smallest absolute Gasteiger partial charge is 0.407 e. The molecule has 1 aliphatic rings. The number of piperazine rings is 1. The first kappa shape index (κ1) is 16.2. The number of amides is 1. The molecule has 1 amide bonds. The Kier molecular flexibility index (Phi) is 4.89. The summed E-state index contributed by atoms with van der Waals surface area (Å²) in [6.45, 7) is 5.21. The predicted molar refractivity (Wildman–Crippen MR) is 94.9 cm³/mol. The van der Waals surface area contributed by atoms with Crippen LogP contribution in [0.5, 0.6) is 5.75 Å². The van der Waals surface area contributed by atoms with Crippen molar-refractivity contribution in [2.24, 2.45) is 0 Å². The van der Waals surface area contributed by atoms with Crippen molar-refractivity contribution in [2.75, 3.05) is 37.7 Å². The lowest BCUT2D eigenvalue weighted by atomic mass is 10.0. The Balaban J connectivity index is 1.66. The second kappa shape index (κ2) is 7.25. The highest BCUT2D eigenvalue weighted by Crippen LogP contribution is 2.25. The number of benzene rings is 2. The van der Waals surface area contributed by atoms with E-state index in [0.717, 1.165) is 35.7 Å². The summed E-state index contributed by atoms with van der Waals surface area (Å²) >= 11 is 0. The van der Waals surface area contributed by atoms with Gasteiger partial charge in [-0.05, 0) is 42.3 Å². The number of nitrogens with zero attached hydrogens (tertiary/aromatic N) is 2. The minimum absolute atomic E-state index is 0.552. The van der Waals surface area contributed by atoms with Gasteiger partial charge in [-0.15, -0.1) is 0 Å². The zero-order chi connectivity index (χ0) is 16.9. The lowest BCUT2D eigenvalue weighted by Gasteiger charge is -2.34. The van der Waals surface area contributed by atoms with E-state index < -0.39 is 6.09 Å². The van der Waals surface area contributed by atoms with E-state index in [2.05, 4.69) is 41.3 Å². The van der Waals surface area contributed by atoms with Crippen molar-refractivity contribution in [3.8, 4) is 16.9 Å². The highest BCUT2D eigenvalue weighted by molar-refractivity contribution is 5.68. The van der Waals surface area contributed by atoms with Crippen LogP contribution in [-0.2, 0) is 0 Å². The highest BCUT2D eigenvalue weighted by atomic mass is 16.5. The van der Waals surface area contributed by atoms with E-state index in [4.69, 9.17) is 9.84 Å². The summed E-state index contributed by atoms with van der Waals surface area (Å²) in [7, 11) is 0. The number of rotatable bonds is 4. The van der Waals surface area contributed by atoms with Crippen LogP contribution in [0.25, 0.3) is 11.1 Å². The van der Waals surface area contributed by atoms with E-state index in [1.165, 1.54) is 4.90 Å². The predicted octanol–water partition coefficient (Wildman–Crippen LogP) is 3.55. The molecule has 0 atom stereocenters. The highest BCUT2D eigenvalue weighted by Gasteiger charge is 2.20. The summed E-state index contributed by atoms with van der Waals surface area (Å²) in [5, 5.41) is 9.01. The van der Waals surface area contributed by atoms with Crippen LogP contribution in [0.3, 0.4) is 0 Å². The molecule has 1 aliphatic heterocycles. The third kappa shape index (κ3) is 3.62. The maximum Gasteiger partial charge on any atom is 0.407 e. The summed E-state index contributed by atoms with van der Waals surface area (Å²) in [5.41, 5.74) is 3.45. The Morgan fingerprint density at radius 2 is 1.50 bits per heavy atom. The molecule has 24 heavy (non-hydrogen) atoms. The van der Waals surface area contributed by atoms with E-state index in [1.807, 2.05) is 19.1 Å². The van der Waals surface area contributed by atoms with Gasteiger partial charge in [-0.3, -0.25) is 0 Å². The van der Waals surface area contributed by atoms with E-state index in [-0.39, 0.29) is 0 Å².